The van der Waals surface area contributed by atoms with Crippen molar-refractivity contribution in [1.29, 1.82) is 0 Å². The standard InChI is InChI=1S/C39H30Cl2N4O3/c1-25-35(38(47-33-19-15-29(40)16-20-33)44(42-25)31-9-5-3-6-10-31)23-27-13-14-28(37(27)46)24-36-26(2)43-45(32-11-7-4-8-12-32)39(36)48-34-21-17-30(41)18-22-34/h3-12,15-24H,13-14H2,1-2H3/b27-23+,28-24+. The lowest BCUT2D eigenvalue weighted by Crippen LogP contribution is -2.01. The Morgan fingerprint density at radius 2 is 0.958 bits per heavy atom. The lowest BCUT2D eigenvalue weighted by Gasteiger charge is -2.11. The first-order valence-electron chi connectivity index (χ1n) is 15.5. The molecule has 7 rings (SSSR count). The summed E-state index contributed by atoms with van der Waals surface area (Å²) in [4.78, 5) is 14.0. The third-order valence-electron chi connectivity index (χ3n) is 8.07. The summed E-state index contributed by atoms with van der Waals surface area (Å²) in [6, 6.07) is 33.8. The molecule has 48 heavy (non-hydrogen) atoms. The highest BCUT2D eigenvalue weighted by Crippen LogP contribution is 2.38. The minimum absolute atomic E-state index is 0.0383. The number of nitrogens with zero attached hydrogens (tertiary/aromatic N) is 4. The summed E-state index contributed by atoms with van der Waals surface area (Å²) < 4.78 is 16.3. The Kier molecular flexibility index (Phi) is 8.72. The minimum Gasteiger partial charge on any atom is -0.438 e. The van der Waals surface area contributed by atoms with E-state index in [1.165, 1.54) is 0 Å². The van der Waals surface area contributed by atoms with Gasteiger partial charge in [0.1, 0.15) is 11.5 Å². The van der Waals surface area contributed by atoms with Gasteiger partial charge in [0.15, 0.2) is 5.78 Å². The molecule has 2 aromatic heterocycles. The van der Waals surface area contributed by atoms with Gasteiger partial charge in [-0.05, 0) is 112 Å². The maximum atomic E-state index is 14.0. The lowest BCUT2D eigenvalue weighted by molar-refractivity contribution is -0.111. The van der Waals surface area contributed by atoms with Gasteiger partial charge in [-0.2, -0.15) is 19.6 Å². The number of ether oxygens (including phenoxy) is 2. The molecule has 238 valence electrons. The maximum Gasteiger partial charge on any atom is 0.230 e. The first kappa shape index (κ1) is 31.2. The van der Waals surface area contributed by atoms with Gasteiger partial charge in [-0.25, -0.2) is 0 Å². The van der Waals surface area contributed by atoms with Crippen LogP contribution in [-0.2, 0) is 4.79 Å². The third-order valence-corrected chi connectivity index (χ3v) is 8.57. The third kappa shape index (κ3) is 6.43. The number of carbonyl (C=O) groups is 1. The van der Waals surface area contributed by atoms with Crippen LogP contribution in [0.3, 0.4) is 0 Å². The van der Waals surface area contributed by atoms with Crippen LogP contribution in [0.25, 0.3) is 23.5 Å². The van der Waals surface area contributed by atoms with Crippen LogP contribution in [0.5, 0.6) is 23.3 Å². The van der Waals surface area contributed by atoms with Crippen LogP contribution in [0.1, 0.15) is 35.4 Å². The molecule has 6 aromatic rings. The van der Waals surface area contributed by atoms with Crippen LogP contribution in [0.15, 0.2) is 120 Å². The second-order valence-corrected chi connectivity index (χ2v) is 12.3. The number of aryl methyl sites for hydroxylation is 2. The number of ketones is 1. The summed E-state index contributed by atoms with van der Waals surface area (Å²) in [7, 11) is 0. The summed E-state index contributed by atoms with van der Waals surface area (Å²) in [6.45, 7) is 3.83. The number of para-hydroxylation sites is 2. The van der Waals surface area contributed by atoms with Crippen molar-refractivity contribution in [3.05, 3.63) is 153 Å². The van der Waals surface area contributed by atoms with Gasteiger partial charge in [-0.1, -0.05) is 59.6 Å². The fraction of sp³-hybridized carbons (Fsp3) is 0.103. The van der Waals surface area contributed by atoms with Crippen molar-refractivity contribution >= 4 is 41.1 Å². The van der Waals surface area contributed by atoms with Gasteiger partial charge in [0, 0.05) is 21.2 Å². The highest BCUT2D eigenvalue weighted by molar-refractivity contribution is 6.30. The van der Waals surface area contributed by atoms with E-state index >= 15 is 0 Å². The van der Waals surface area contributed by atoms with Crippen molar-refractivity contribution in [2.45, 2.75) is 26.7 Å². The highest BCUT2D eigenvalue weighted by Gasteiger charge is 2.28. The highest BCUT2D eigenvalue weighted by atomic mass is 35.5. The molecule has 0 aliphatic heterocycles. The monoisotopic (exact) mass is 672 g/mol. The number of rotatable bonds is 8. The average molecular weight is 674 g/mol. The topological polar surface area (TPSA) is 71.2 Å². The maximum absolute atomic E-state index is 14.0. The first-order chi connectivity index (χ1) is 23.3. The molecule has 1 fully saturated rings. The Balaban J connectivity index is 1.27. The lowest BCUT2D eigenvalue weighted by atomic mass is 10.1. The second kappa shape index (κ2) is 13.4. The number of aromatic nitrogens is 4. The molecule has 0 amide bonds. The zero-order valence-electron chi connectivity index (χ0n) is 26.2. The molecule has 1 aliphatic rings. The van der Waals surface area contributed by atoms with Crippen LogP contribution in [0.4, 0.5) is 0 Å². The van der Waals surface area contributed by atoms with Gasteiger partial charge >= 0.3 is 0 Å². The molecule has 0 unspecified atom stereocenters. The molecule has 0 N–H and O–H groups in total. The van der Waals surface area contributed by atoms with E-state index in [4.69, 9.17) is 42.9 Å². The number of Topliss-reactive ketones (excluding diaryl/α,β-unsaturated/α-hetero) is 1. The average Bonchev–Trinajstić information content (AvgIpc) is 3.72. The van der Waals surface area contributed by atoms with E-state index in [0.29, 0.717) is 57.3 Å². The van der Waals surface area contributed by atoms with Crippen molar-refractivity contribution in [2.24, 2.45) is 0 Å². The van der Waals surface area contributed by atoms with Crippen molar-refractivity contribution in [2.75, 3.05) is 0 Å². The molecule has 0 spiro atoms. The Morgan fingerprint density at radius 3 is 1.33 bits per heavy atom. The van der Waals surface area contributed by atoms with Crippen molar-refractivity contribution in [3.63, 3.8) is 0 Å². The van der Waals surface area contributed by atoms with Gasteiger partial charge < -0.3 is 9.47 Å². The summed E-state index contributed by atoms with van der Waals surface area (Å²) in [6.07, 6.45) is 4.95. The second-order valence-electron chi connectivity index (χ2n) is 11.4. The molecule has 0 bridgehead atoms. The Bertz CT molecular complexity index is 2010. The molecular formula is C39H30Cl2N4O3. The number of hydrogen-bond acceptors (Lipinski definition) is 5. The number of carbonyl (C=O) groups excluding carboxylic acids is 1. The Morgan fingerprint density at radius 1 is 0.583 bits per heavy atom. The minimum atomic E-state index is -0.0383. The molecule has 7 nitrogen and oxygen atoms in total. The zero-order valence-corrected chi connectivity index (χ0v) is 27.7. The summed E-state index contributed by atoms with van der Waals surface area (Å²) in [5.41, 5.74) is 5.96. The molecular weight excluding hydrogens is 643 g/mol. The molecule has 0 radical (unpaired) electrons. The van der Waals surface area contributed by atoms with Crippen LogP contribution < -0.4 is 9.47 Å². The molecule has 0 saturated heterocycles. The predicted molar refractivity (Wildman–Crippen MR) is 190 cm³/mol. The number of hydrogen-bond donors (Lipinski definition) is 0. The Hall–Kier alpha value is -5.37. The molecule has 9 heteroatoms. The number of benzene rings is 4. The van der Waals surface area contributed by atoms with E-state index in [1.807, 2.05) is 86.7 Å². The molecule has 1 aliphatic carbocycles. The van der Waals surface area contributed by atoms with Crippen molar-refractivity contribution in [1.82, 2.24) is 19.6 Å². The van der Waals surface area contributed by atoms with Gasteiger partial charge in [0.2, 0.25) is 11.8 Å². The van der Waals surface area contributed by atoms with E-state index in [-0.39, 0.29) is 5.78 Å². The quantitative estimate of drug-likeness (QED) is 0.150. The predicted octanol–water partition coefficient (Wildman–Crippen LogP) is 10.4. The summed E-state index contributed by atoms with van der Waals surface area (Å²) in [5.74, 6) is 2.19. The largest absolute Gasteiger partial charge is 0.438 e. The van der Waals surface area contributed by atoms with E-state index in [2.05, 4.69) is 0 Å². The molecule has 0 atom stereocenters. The number of halogens is 2. The molecule has 1 saturated carbocycles. The van der Waals surface area contributed by atoms with Crippen LogP contribution in [0.2, 0.25) is 10.0 Å². The SMILES string of the molecule is Cc1nn(-c2ccccc2)c(Oc2ccc(Cl)cc2)c1/C=C1\CC/C(=C\c2c(C)nn(-c3ccccc3)c2Oc2ccc(Cl)cc2)C1=O. The molecule has 4 aromatic carbocycles. The van der Waals surface area contributed by atoms with E-state index in [1.54, 1.807) is 57.9 Å². The fourth-order valence-corrected chi connectivity index (χ4v) is 5.86. The van der Waals surface area contributed by atoms with Gasteiger partial charge in [-0.15, -0.1) is 0 Å². The van der Waals surface area contributed by atoms with E-state index in [9.17, 15) is 4.79 Å². The normalized spacial score (nSPS) is 14.6. The number of allylic oxidation sites excluding steroid dienone is 2. The summed E-state index contributed by atoms with van der Waals surface area (Å²) >= 11 is 12.3. The van der Waals surface area contributed by atoms with Gasteiger partial charge in [0.05, 0.1) is 33.9 Å². The Labute approximate surface area is 288 Å². The van der Waals surface area contributed by atoms with Crippen LogP contribution in [0, 0.1) is 13.8 Å². The van der Waals surface area contributed by atoms with Crippen LogP contribution in [-0.4, -0.2) is 25.3 Å². The smallest absolute Gasteiger partial charge is 0.230 e. The van der Waals surface area contributed by atoms with Gasteiger partial charge in [0.25, 0.3) is 0 Å². The fourth-order valence-electron chi connectivity index (χ4n) is 5.61. The van der Waals surface area contributed by atoms with E-state index < -0.39 is 0 Å². The van der Waals surface area contributed by atoms with E-state index in [0.717, 1.165) is 33.9 Å². The molecule has 2 heterocycles. The van der Waals surface area contributed by atoms with Crippen LogP contribution >= 0.6 is 23.2 Å². The van der Waals surface area contributed by atoms with Crippen molar-refractivity contribution < 1.29 is 14.3 Å². The first-order valence-corrected chi connectivity index (χ1v) is 16.2. The van der Waals surface area contributed by atoms with Crippen molar-refractivity contribution in [3.8, 4) is 34.6 Å². The summed E-state index contributed by atoms with van der Waals surface area (Å²) in [5, 5.41) is 10.8. The van der Waals surface area contributed by atoms with Gasteiger partial charge in [-0.3, -0.25) is 4.79 Å². The zero-order chi connectivity index (χ0) is 33.2.